The van der Waals surface area contributed by atoms with Crippen LogP contribution in [-0.4, -0.2) is 30.4 Å². The van der Waals surface area contributed by atoms with Crippen LogP contribution in [0.1, 0.15) is 34.8 Å². The van der Waals surface area contributed by atoms with E-state index < -0.39 is 0 Å². The molecule has 0 saturated carbocycles. The van der Waals surface area contributed by atoms with E-state index in [1.807, 2.05) is 48.9 Å². The summed E-state index contributed by atoms with van der Waals surface area (Å²) in [6, 6.07) is 11.7. The SMILES string of the molecule is CSc1cccc(C(=O)N[C@H](c2cccnc2)C2CCOCC2)c1. The van der Waals surface area contributed by atoms with Gasteiger partial charge in [-0.05, 0) is 54.8 Å². The predicted molar refractivity (Wildman–Crippen MR) is 96.2 cm³/mol. The first-order valence-corrected chi connectivity index (χ1v) is 9.43. The van der Waals surface area contributed by atoms with Crippen molar-refractivity contribution < 1.29 is 9.53 Å². The van der Waals surface area contributed by atoms with Gasteiger partial charge in [-0.3, -0.25) is 9.78 Å². The number of thioether (sulfide) groups is 1. The number of carbonyl (C=O) groups excluding carboxylic acids is 1. The molecule has 1 aliphatic heterocycles. The molecule has 2 heterocycles. The molecule has 1 N–H and O–H groups in total. The zero-order chi connectivity index (χ0) is 16.8. The number of aromatic nitrogens is 1. The molecule has 0 bridgehead atoms. The van der Waals surface area contributed by atoms with E-state index in [9.17, 15) is 4.79 Å². The smallest absolute Gasteiger partial charge is 0.251 e. The number of amides is 1. The van der Waals surface area contributed by atoms with Crippen molar-refractivity contribution in [2.45, 2.75) is 23.8 Å². The summed E-state index contributed by atoms with van der Waals surface area (Å²) in [6.45, 7) is 1.50. The molecule has 1 fully saturated rings. The average molecular weight is 342 g/mol. The van der Waals surface area contributed by atoms with Crippen LogP contribution in [0.25, 0.3) is 0 Å². The lowest BCUT2D eigenvalue weighted by Crippen LogP contribution is -2.36. The van der Waals surface area contributed by atoms with Crippen LogP contribution in [0, 0.1) is 5.92 Å². The van der Waals surface area contributed by atoms with Gasteiger partial charge in [-0.25, -0.2) is 0 Å². The van der Waals surface area contributed by atoms with E-state index in [1.165, 1.54) is 0 Å². The highest BCUT2D eigenvalue weighted by Gasteiger charge is 2.27. The van der Waals surface area contributed by atoms with Gasteiger partial charge in [-0.15, -0.1) is 11.8 Å². The van der Waals surface area contributed by atoms with Gasteiger partial charge in [0.25, 0.3) is 5.91 Å². The number of hydrogen-bond donors (Lipinski definition) is 1. The van der Waals surface area contributed by atoms with Crippen molar-refractivity contribution in [2.24, 2.45) is 5.92 Å². The van der Waals surface area contributed by atoms with Crippen LogP contribution in [0.2, 0.25) is 0 Å². The number of carbonyl (C=O) groups is 1. The van der Waals surface area contributed by atoms with Crippen LogP contribution >= 0.6 is 11.8 Å². The zero-order valence-corrected chi connectivity index (χ0v) is 14.6. The van der Waals surface area contributed by atoms with Crippen molar-refractivity contribution >= 4 is 17.7 Å². The normalized spacial score (nSPS) is 16.5. The summed E-state index contributed by atoms with van der Waals surface area (Å²) < 4.78 is 5.47. The summed E-state index contributed by atoms with van der Waals surface area (Å²) in [5.41, 5.74) is 1.75. The second-order valence-corrected chi connectivity index (χ2v) is 6.80. The molecule has 4 nitrogen and oxygen atoms in total. The molecule has 5 heteroatoms. The summed E-state index contributed by atoms with van der Waals surface area (Å²) in [6.07, 6.45) is 7.51. The lowest BCUT2D eigenvalue weighted by atomic mass is 9.87. The maximum absolute atomic E-state index is 12.8. The third kappa shape index (κ3) is 4.16. The minimum Gasteiger partial charge on any atom is -0.381 e. The van der Waals surface area contributed by atoms with E-state index in [0.717, 1.165) is 36.5 Å². The Morgan fingerprint density at radius 2 is 2.12 bits per heavy atom. The number of benzene rings is 1. The van der Waals surface area contributed by atoms with E-state index in [-0.39, 0.29) is 11.9 Å². The van der Waals surface area contributed by atoms with Crippen LogP contribution in [0.5, 0.6) is 0 Å². The van der Waals surface area contributed by atoms with Crippen molar-refractivity contribution in [3.8, 4) is 0 Å². The van der Waals surface area contributed by atoms with E-state index >= 15 is 0 Å². The minimum atomic E-state index is -0.0359. The fraction of sp³-hybridized carbons (Fsp3) is 0.368. The molecule has 3 rings (SSSR count). The van der Waals surface area contributed by atoms with Gasteiger partial charge in [0.2, 0.25) is 0 Å². The Hall–Kier alpha value is -1.85. The van der Waals surface area contributed by atoms with Gasteiger partial charge >= 0.3 is 0 Å². The fourth-order valence-electron chi connectivity index (χ4n) is 3.07. The zero-order valence-electron chi connectivity index (χ0n) is 13.8. The third-order valence-electron chi connectivity index (χ3n) is 4.40. The number of ether oxygens (including phenoxy) is 1. The Labute approximate surface area is 147 Å². The van der Waals surface area contributed by atoms with Crippen molar-refractivity contribution in [3.05, 3.63) is 59.9 Å². The van der Waals surface area contributed by atoms with Crippen molar-refractivity contribution in [2.75, 3.05) is 19.5 Å². The molecule has 1 amide bonds. The largest absolute Gasteiger partial charge is 0.381 e. The first-order chi connectivity index (χ1) is 11.8. The topological polar surface area (TPSA) is 51.2 Å². The summed E-state index contributed by atoms with van der Waals surface area (Å²) in [7, 11) is 0. The van der Waals surface area contributed by atoms with Crippen LogP contribution in [0.4, 0.5) is 0 Å². The molecule has 1 saturated heterocycles. The fourth-order valence-corrected chi connectivity index (χ4v) is 3.53. The standard InChI is InChI=1S/C19H22N2O2S/c1-24-17-6-2-4-15(12-17)19(22)21-18(14-7-10-23-11-8-14)16-5-3-9-20-13-16/h2-6,9,12-14,18H,7-8,10-11H2,1H3,(H,21,22)/t18-/m0/s1. The number of nitrogens with zero attached hydrogens (tertiary/aromatic N) is 1. The third-order valence-corrected chi connectivity index (χ3v) is 5.12. The van der Waals surface area contributed by atoms with Gasteiger partial charge in [0.15, 0.2) is 0 Å². The Morgan fingerprint density at radius 3 is 2.83 bits per heavy atom. The lowest BCUT2D eigenvalue weighted by molar-refractivity contribution is 0.0513. The Kier molecular flexibility index (Phi) is 5.88. The quantitative estimate of drug-likeness (QED) is 0.842. The van der Waals surface area contributed by atoms with Crippen LogP contribution in [0.15, 0.2) is 53.7 Å². The van der Waals surface area contributed by atoms with Crippen molar-refractivity contribution in [3.63, 3.8) is 0 Å². The molecule has 1 aliphatic rings. The molecule has 0 spiro atoms. The Bertz CT molecular complexity index is 672. The molecule has 2 aromatic rings. The van der Waals surface area contributed by atoms with Gasteiger partial charge in [-0.1, -0.05) is 12.1 Å². The Morgan fingerprint density at radius 1 is 1.29 bits per heavy atom. The maximum atomic E-state index is 12.8. The molecule has 0 aliphatic carbocycles. The van der Waals surface area contributed by atoms with E-state index in [4.69, 9.17) is 4.74 Å². The number of rotatable bonds is 5. The molecule has 0 unspecified atom stereocenters. The maximum Gasteiger partial charge on any atom is 0.251 e. The van der Waals surface area contributed by atoms with E-state index in [2.05, 4.69) is 10.3 Å². The van der Waals surface area contributed by atoms with Gasteiger partial charge in [0.05, 0.1) is 6.04 Å². The van der Waals surface area contributed by atoms with Gasteiger partial charge < -0.3 is 10.1 Å². The van der Waals surface area contributed by atoms with Crippen molar-refractivity contribution in [1.82, 2.24) is 10.3 Å². The summed E-state index contributed by atoms with van der Waals surface area (Å²) in [5, 5.41) is 3.23. The molecular formula is C19H22N2O2S. The molecule has 1 atom stereocenters. The molecule has 0 radical (unpaired) electrons. The number of nitrogens with one attached hydrogen (secondary N) is 1. The Balaban J connectivity index is 1.81. The highest BCUT2D eigenvalue weighted by Crippen LogP contribution is 2.30. The number of hydrogen-bond acceptors (Lipinski definition) is 4. The van der Waals surface area contributed by atoms with E-state index in [1.54, 1.807) is 18.0 Å². The molecule has 1 aromatic carbocycles. The van der Waals surface area contributed by atoms with Crippen LogP contribution in [0.3, 0.4) is 0 Å². The summed E-state index contributed by atoms with van der Waals surface area (Å²) >= 11 is 1.64. The van der Waals surface area contributed by atoms with Crippen LogP contribution < -0.4 is 5.32 Å². The second kappa shape index (κ2) is 8.31. The second-order valence-electron chi connectivity index (χ2n) is 5.92. The molecular weight excluding hydrogens is 320 g/mol. The first kappa shape index (κ1) is 17.0. The predicted octanol–water partition coefficient (Wildman–Crippen LogP) is 3.70. The van der Waals surface area contributed by atoms with Gasteiger partial charge in [0, 0.05) is 36.1 Å². The highest BCUT2D eigenvalue weighted by molar-refractivity contribution is 7.98. The van der Waals surface area contributed by atoms with Gasteiger partial charge in [-0.2, -0.15) is 0 Å². The van der Waals surface area contributed by atoms with E-state index in [0.29, 0.717) is 11.5 Å². The monoisotopic (exact) mass is 342 g/mol. The number of pyridine rings is 1. The molecule has 126 valence electrons. The molecule has 24 heavy (non-hydrogen) atoms. The highest BCUT2D eigenvalue weighted by atomic mass is 32.2. The molecule has 1 aromatic heterocycles. The summed E-state index contributed by atoms with van der Waals surface area (Å²) in [4.78, 5) is 18.1. The lowest BCUT2D eigenvalue weighted by Gasteiger charge is -2.31. The first-order valence-electron chi connectivity index (χ1n) is 8.20. The average Bonchev–Trinajstić information content (AvgIpc) is 2.67. The summed E-state index contributed by atoms with van der Waals surface area (Å²) in [5.74, 6) is 0.335. The minimum absolute atomic E-state index is 0.0342. The van der Waals surface area contributed by atoms with Crippen molar-refractivity contribution in [1.29, 1.82) is 0 Å². The van der Waals surface area contributed by atoms with Crippen LogP contribution in [-0.2, 0) is 4.74 Å². The van der Waals surface area contributed by atoms with Gasteiger partial charge in [0.1, 0.15) is 0 Å².